The highest BCUT2D eigenvalue weighted by Crippen LogP contribution is 2.34. The van der Waals surface area contributed by atoms with E-state index in [9.17, 15) is 14.4 Å². The quantitative estimate of drug-likeness (QED) is 0.276. The van der Waals surface area contributed by atoms with E-state index in [1.54, 1.807) is 36.5 Å². The van der Waals surface area contributed by atoms with Crippen LogP contribution in [-0.2, 0) is 6.54 Å². The van der Waals surface area contributed by atoms with E-state index in [2.05, 4.69) is 10.6 Å². The summed E-state index contributed by atoms with van der Waals surface area (Å²) in [4.78, 5) is 39.0. The molecule has 0 fully saturated rings. The summed E-state index contributed by atoms with van der Waals surface area (Å²) < 4.78 is 0.314. The maximum Gasteiger partial charge on any atom is 0.261 e. The summed E-state index contributed by atoms with van der Waals surface area (Å²) in [6.45, 7) is 0.661. The lowest BCUT2D eigenvalue weighted by atomic mass is 10.1. The topological polar surface area (TPSA) is 102 Å². The van der Waals surface area contributed by atoms with Crippen LogP contribution in [0.4, 0.5) is 0 Å². The molecule has 4 rings (SSSR count). The fraction of sp³-hybridized carbons (Fsp3) is 0.120. The Bertz CT molecular complexity index is 1300. The second kappa shape index (κ2) is 10.9. The van der Waals surface area contributed by atoms with Crippen LogP contribution in [0.15, 0.2) is 66.9 Å². The van der Waals surface area contributed by atoms with Gasteiger partial charge in [-0.1, -0.05) is 65.7 Å². The third-order valence-electron chi connectivity index (χ3n) is 5.33. The third kappa shape index (κ3) is 5.45. The lowest BCUT2D eigenvalue weighted by molar-refractivity contribution is 0.0650. The van der Waals surface area contributed by atoms with Crippen molar-refractivity contribution in [2.24, 2.45) is 0 Å². The first-order valence-electron chi connectivity index (χ1n) is 10.6. The Morgan fingerprint density at radius 3 is 2.29 bits per heavy atom. The fourth-order valence-electron chi connectivity index (χ4n) is 3.60. The summed E-state index contributed by atoms with van der Waals surface area (Å²) in [6.07, 6.45) is 1.60. The molecular weight excluding hydrogens is 507 g/mol. The molecule has 7 nitrogen and oxygen atoms in total. The molecule has 0 saturated carbocycles. The van der Waals surface area contributed by atoms with E-state index >= 15 is 0 Å². The molecule has 1 aliphatic heterocycles. The smallest absolute Gasteiger partial charge is 0.261 e. The van der Waals surface area contributed by atoms with Crippen molar-refractivity contribution in [2.45, 2.75) is 6.54 Å². The number of hydrogen-bond acceptors (Lipinski definition) is 6. The fourth-order valence-corrected chi connectivity index (χ4v) is 4.98. The molecule has 3 aromatic rings. The van der Waals surface area contributed by atoms with Crippen LogP contribution >= 0.6 is 34.5 Å². The molecule has 178 valence electrons. The van der Waals surface area contributed by atoms with Crippen LogP contribution in [0.1, 0.15) is 41.5 Å². The third-order valence-corrected chi connectivity index (χ3v) is 6.89. The van der Waals surface area contributed by atoms with Gasteiger partial charge in [-0.2, -0.15) is 0 Å². The summed E-state index contributed by atoms with van der Waals surface area (Å²) in [6, 6.07) is 17.9. The molecule has 0 atom stereocenters. The van der Waals surface area contributed by atoms with E-state index < -0.39 is 5.91 Å². The van der Waals surface area contributed by atoms with Gasteiger partial charge in [-0.15, -0.1) is 11.3 Å². The van der Waals surface area contributed by atoms with Crippen LogP contribution in [0, 0.1) is 5.41 Å². The van der Waals surface area contributed by atoms with Crippen molar-refractivity contribution in [1.82, 2.24) is 15.5 Å². The van der Waals surface area contributed by atoms with Gasteiger partial charge in [0.2, 0.25) is 0 Å². The number of hydrogen-bond donors (Lipinski definition) is 3. The maximum absolute atomic E-state index is 12.7. The molecular formula is C25H20Cl2N4O3S. The van der Waals surface area contributed by atoms with Gasteiger partial charge in [0.25, 0.3) is 17.7 Å². The minimum atomic E-state index is -0.405. The van der Waals surface area contributed by atoms with Gasteiger partial charge in [0, 0.05) is 37.0 Å². The number of rotatable bonds is 9. The summed E-state index contributed by atoms with van der Waals surface area (Å²) in [5.41, 5.74) is 2.60. The number of nitrogens with zero attached hydrogens (tertiary/aromatic N) is 1. The lowest BCUT2D eigenvalue weighted by Crippen LogP contribution is -2.38. The van der Waals surface area contributed by atoms with E-state index in [1.165, 1.54) is 0 Å². The lowest BCUT2D eigenvalue weighted by Gasteiger charge is -2.13. The van der Waals surface area contributed by atoms with Gasteiger partial charge >= 0.3 is 0 Å². The van der Waals surface area contributed by atoms with Crippen LogP contribution < -0.4 is 10.6 Å². The second-order valence-electron chi connectivity index (χ2n) is 7.60. The molecule has 1 aromatic heterocycles. The van der Waals surface area contributed by atoms with Crippen molar-refractivity contribution in [3.8, 4) is 0 Å². The number of imide groups is 1. The van der Waals surface area contributed by atoms with Crippen molar-refractivity contribution >= 4 is 63.0 Å². The number of amides is 3. The zero-order chi connectivity index (χ0) is 24.9. The standard InChI is InChI=1S/C25H20Cl2N4O3S/c26-21(28)19(14-29-13-15-6-2-1-3-7-15)18-12-20(35-22(18)27)23(32)30-10-11-31-24(33)16-8-4-5-9-17(16)25(31)34/h1-9,12,14,28-29H,10-11,13H2,(H,30,32)/b19-14-,28-21?. The van der Waals surface area contributed by atoms with Crippen molar-refractivity contribution in [1.29, 1.82) is 5.41 Å². The van der Waals surface area contributed by atoms with Crippen molar-refractivity contribution < 1.29 is 14.4 Å². The maximum atomic E-state index is 12.7. The van der Waals surface area contributed by atoms with Gasteiger partial charge < -0.3 is 10.6 Å². The predicted molar refractivity (Wildman–Crippen MR) is 138 cm³/mol. The molecule has 0 unspecified atom stereocenters. The van der Waals surface area contributed by atoms with Crippen molar-refractivity contribution in [2.75, 3.05) is 13.1 Å². The summed E-state index contributed by atoms with van der Waals surface area (Å²) >= 11 is 13.4. The van der Waals surface area contributed by atoms with Gasteiger partial charge in [-0.25, -0.2) is 0 Å². The van der Waals surface area contributed by atoms with Crippen LogP contribution in [0.3, 0.4) is 0 Å². The highest BCUT2D eigenvalue weighted by molar-refractivity contribution is 7.18. The molecule has 1 aliphatic rings. The molecule has 0 spiro atoms. The molecule has 10 heteroatoms. The van der Waals surface area contributed by atoms with Crippen LogP contribution in [0.2, 0.25) is 4.34 Å². The Kier molecular flexibility index (Phi) is 7.65. The predicted octanol–water partition coefficient (Wildman–Crippen LogP) is 4.77. The van der Waals surface area contributed by atoms with E-state index in [-0.39, 0.29) is 30.1 Å². The van der Waals surface area contributed by atoms with E-state index in [0.29, 0.717) is 38.0 Å². The molecule has 0 saturated heterocycles. The Morgan fingerprint density at radius 1 is 1.03 bits per heavy atom. The van der Waals surface area contributed by atoms with Crippen molar-refractivity contribution in [3.05, 3.63) is 98.3 Å². The number of thiophene rings is 1. The average Bonchev–Trinajstić information content (AvgIpc) is 3.35. The van der Waals surface area contributed by atoms with Crippen LogP contribution in [-0.4, -0.2) is 40.9 Å². The van der Waals surface area contributed by atoms with Gasteiger partial charge in [0.05, 0.1) is 16.0 Å². The monoisotopic (exact) mass is 526 g/mol. The second-order valence-corrected chi connectivity index (χ2v) is 9.63. The molecule has 0 bridgehead atoms. The number of carbonyl (C=O) groups excluding carboxylic acids is 3. The van der Waals surface area contributed by atoms with Crippen molar-refractivity contribution in [3.63, 3.8) is 0 Å². The zero-order valence-electron chi connectivity index (χ0n) is 18.3. The van der Waals surface area contributed by atoms with Gasteiger partial charge in [0.1, 0.15) is 9.51 Å². The van der Waals surface area contributed by atoms with E-state index in [4.69, 9.17) is 28.6 Å². The first-order chi connectivity index (χ1) is 16.9. The molecule has 0 aliphatic carbocycles. The first-order valence-corrected chi connectivity index (χ1v) is 12.2. The van der Waals surface area contributed by atoms with Crippen LogP contribution in [0.25, 0.3) is 5.57 Å². The summed E-state index contributed by atoms with van der Waals surface area (Å²) in [7, 11) is 0. The number of halogens is 2. The summed E-state index contributed by atoms with van der Waals surface area (Å²) in [5.74, 6) is -1.16. The minimum Gasteiger partial charge on any atom is -0.386 e. The first kappa shape index (κ1) is 24.7. The Labute approximate surface area is 215 Å². The van der Waals surface area contributed by atoms with Gasteiger partial charge in [0.15, 0.2) is 0 Å². The molecule has 2 heterocycles. The Balaban J connectivity index is 1.38. The zero-order valence-corrected chi connectivity index (χ0v) is 20.6. The number of nitrogens with one attached hydrogen (secondary N) is 3. The number of allylic oxidation sites excluding steroid dienone is 1. The van der Waals surface area contributed by atoms with E-state index in [1.807, 2.05) is 30.3 Å². The molecule has 3 N–H and O–H groups in total. The Hall–Kier alpha value is -3.46. The van der Waals surface area contributed by atoms with Gasteiger partial charge in [-0.05, 0) is 23.8 Å². The average molecular weight is 527 g/mol. The molecule has 2 aromatic carbocycles. The largest absolute Gasteiger partial charge is 0.386 e. The molecule has 0 radical (unpaired) electrons. The number of fused-ring (bicyclic) bond motifs is 1. The summed E-state index contributed by atoms with van der Waals surface area (Å²) in [5, 5.41) is 13.5. The minimum absolute atomic E-state index is 0.0466. The number of benzene rings is 2. The SMILES string of the molecule is N=C(Cl)/C(=C\NCc1ccccc1)c1cc(C(=O)NCCN2C(=O)c3ccccc3C2=O)sc1Cl. The van der Waals surface area contributed by atoms with E-state index in [0.717, 1.165) is 21.8 Å². The highest BCUT2D eigenvalue weighted by atomic mass is 35.5. The highest BCUT2D eigenvalue weighted by Gasteiger charge is 2.34. The van der Waals surface area contributed by atoms with Gasteiger partial charge in [-0.3, -0.25) is 24.7 Å². The normalized spacial score (nSPS) is 13.1. The van der Waals surface area contributed by atoms with Crippen LogP contribution in [0.5, 0.6) is 0 Å². The molecule has 3 amide bonds. The number of carbonyl (C=O) groups is 3. The molecule has 35 heavy (non-hydrogen) atoms. The Morgan fingerprint density at radius 2 is 1.66 bits per heavy atom.